The van der Waals surface area contributed by atoms with Crippen LogP contribution in [0.15, 0.2) is 0 Å². The lowest BCUT2D eigenvalue weighted by Crippen LogP contribution is -2.27. The van der Waals surface area contributed by atoms with Gasteiger partial charge in [0.2, 0.25) is 0 Å². The molecular formula is C8H15F3O3S. The summed E-state index contributed by atoms with van der Waals surface area (Å²) in [5, 5.41) is 0. The van der Waals surface area contributed by atoms with Crippen LogP contribution in [-0.4, -0.2) is 20.5 Å². The Hall–Kier alpha value is -0.300. The third-order valence-electron chi connectivity index (χ3n) is 1.66. The summed E-state index contributed by atoms with van der Waals surface area (Å²) >= 11 is 0. The first-order valence-electron chi connectivity index (χ1n) is 4.52. The molecule has 0 heterocycles. The summed E-state index contributed by atoms with van der Waals surface area (Å²) < 4.78 is 60.4. The number of halogens is 3. The first-order chi connectivity index (χ1) is 6.56. The molecule has 7 heteroatoms. The summed E-state index contributed by atoms with van der Waals surface area (Å²) in [6, 6.07) is 0. The van der Waals surface area contributed by atoms with Crippen molar-refractivity contribution in [1.29, 1.82) is 0 Å². The Morgan fingerprint density at radius 3 is 2.00 bits per heavy atom. The largest absolute Gasteiger partial charge is 0.523 e. The molecule has 0 aromatic heterocycles. The van der Waals surface area contributed by atoms with Gasteiger partial charge in [-0.1, -0.05) is 20.8 Å². The molecule has 0 rings (SSSR count). The fourth-order valence-corrected chi connectivity index (χ4v) is 1.69. The van der Waals surface area contributed by atoms with Crippen LogP contribution in [-0.2, 0) is 14.3 Å². The maximum Gasteiger partial charge on any atom is 0.523 e. The van der Waals surface area contributed by atoms with Crippen molar-refractivity contribution >= 4 is 10.1 Å². The summed E-state index contributed by atoms with van der Waals surface area (Å²) in [7, 11) is -5.43. The zero-order valence-corrected chi connectivity index (χ0v) is 9.65. The lowest BCUT2D eigenvalue weighted by molar-refractivity contribution is -0.0550. The molecule has 92 valence electrons. The van der Waals surface area contributed by atoms with Gasteiger partial charge in [0, 0.05) is 0 Å². The molecular weight excluding hydrogens is 233 g/mol. The minimum atomic E-state index is -5.43. The minimum Gasteiger partial charge on any atom is -0.263 e. The Balaban J connectivity index is 4.17. The second-order valence-electron chi connectivity index (χ2n) is 3.92. The van der Waals surface area contributed by atoms with E-state index in [-0.39, 0.29) is 11.8 Å². The highest BCUT2D eigenvalue weighted by Gasteiger charge is 2.47. The molecule has 15 heavy (non-hydrogen) atoms. The van der Waals surface area contributed by atoms with Crippen LogP contribution < -0.4 is 0 Å². The molecule has 0 radical (unpaired) electrons. The molecule has 0 bridgehead atoms. The molecule has 0 saturated heterocycles. The Morgan fingerprint density at radius 2 is 1.67 bits per heavy atom. The average Bonchev–Trinajstić information content (AvgIpc) is 1.97. The van der Waals surface area contributed by atoms with Crippen molar-refractivity contribution in [1.82, 2.24) is 0 Å². The molecule has 0 aliphatic rings. The third kappa shape index (κ3) is 5.36. The zero-order valence-electron chi connectivity index (χ0n) is 8.84. The van der Waals surface area contributed by atoms with Crippen molar-refractivity contribution in [3.05, 3.63) is 0 Å². The Morgan fingerprint density at radius 1 is 1.20 bits per heavy atom. The van der Waals surface area contributed by atoms with E-state index in [1.807, 2.05) is 13.8 Å². The van der Waals surface area contributed by atoms with Gasteiger partial charge in [-0.15, -0.1) is 0 Å². The van der Waals surface area contributed by atoms with Crippen molar-refractivity contribution in [3.63, 3.8) is 0 Å². The van der Waals surface area contributed by atoms with Gasteiger partial charge in [-0.3, -0.25) is 4.18 Å². The highest BCUT2D eigenvalue weighted by atomic mass is 32.2. The van der Waals surface area contributed by atoms with Gasteiger partial charge >= 0.3 is 15.6 Å². The molecule has 0 aliphatic carbocycles. The highest BCUT2D eigenvalue weighted by molar-refractivity contribution is 7.87. The molecule has 0 aromatic rings. The molecule has 1 atom stereocenters. The van der Waals surface area contributed by atoms with Gasteiger partial charge in [0.25, 0.3) is 0 Å². The number of rotatable bonds is 5. The smallest absolute Gasteiger partial charge is 0.263 e. The fraction of sp³-hybridized carbons (Fsp3) is 1.00. The summed E-state index contributed by atoms with van der Waals surface area (Å²) in [5.41, 5.74) is -5.33. The Kier molecular flexibility index (Phi) is 5.05. The molecule has 0 amide bonds. The van der Waals surface area contributed by atoms with E-state index in [1.54, 1.807) is 6.92 Å². The SMILES string of the molecule is CC(C)CC(C)COS(=O)(=O)C(F)(F)F. The quantitative estimate of drug-likeness (QED) is 0.554. The van der Waals surface area contributed by atoms with Gasteiger partial charge in [-0.2, -0.15) is 21.6 Å². The Bertz CT molecular complexity index is 282. The van der Waals surface area contributed by atoms with Crippen molar-refractivity contribution < 1.29 is 25.8 Å². The number of hydrogen-bond acceptors (Lipinski definition) is 3. The predicted molar refractivity (Wildman–Crippen MR) is 49.5 cm³/mol. The van der Waals surface area contributed by atoms with Crippen molar-refractivity contribution in [2.45, 2.75) is 32.7 Å². The van der Waals surface area contributed by atoms with Gasteiger partial charge in [0.15, 0.2) is 0 Å². The van der Waals surface area contributed by atoms with E-state index in [2.05, 4.69) is 4.18 Å². The summed E-state index contributed by atoms with van der Waals surface area (Å²) in [6.07, 6.45) is 0.618. The van der Waals surface area contributed by atoms with Gasteiger partial charge in [0.1, 0.15) is 0 Å². The molecule has 3 nitrogen and oxygen atoms in total. The number of hydrogen-bond donors (Lipinski definition) is 0. The second kappa shape index (κ2) is 5.16. The van der Waals surface area contributed by atoms with Crippen molar-refractivity contribution in [2.75, 3.05) is 6.61 Å². The van der Waals surface area contributed by atoms with Crippen LogP contribution >= 0.6 is 0 Å². The zero-order chi connectivity index (χ0) is 12.3. The van der Waals surface area contributed by atoms with E-state index in [9.17, 15) is 21.6 Å². The van der Waals surface area contributed by atoms with Gasteiger partial charge in [-0.05, 0) is 18.3 Å². The van der Waals surface area contributed by atoms with Crippen LogP contribution in [0.1, 0.15) is 27.2 Å². The number of alkyl halides is 3. The van der Waals surface area contributed by atoms with Crippen LogP contribution in [0.2, 0.25) is 0 Å². The molecule has 1 unspecified atom stereocenters. The van der Waals surface area contributed by atoms with E-state index in [0.29, 0.717) is 6.42 Å². The maximum atomic E-state index is 11.8. The molecule has 0 N–H and O–H groups in total. The Labute approximate surface area is 87.7 Å². The van der Waals surface area contributed by atoms with Crippen LogP contribution in [0.4, 0.5) is 13.2 Å². The van der Waals surface area contributed by atoms with Crippen LogP contribution in [0.3, 0.4) is 0 Å². The summed E-state index contributed by atoms with van der Waals surface area (Å²) in [4.78, 5) is 0. The van der Waals surface area contributed by atoms with Gasteiger partial charge in [0.05, 0.1) is 6.61 Å². The first-order valence-corrected chi connectivity index (χ1v) is 5.92. The summed E-state index contributed by atoms with van der Waals surface area (Å²) in [5.74, 6) is 0.0688. The molecule has 0 aromatic carbocycles. The molecule has 0 aliphatic heterocycles. The van der Waals surface area contributed by atoms with Crippen LogP contribution in [0.25, 0.3) is 0 Å². The van der Waals surface area contributed by atoms with Gasteiger partial charge < -0.3 is 0 Å². The van der Waals surface area contributed by atoms with E-state index in [1.165, 1.54) is 0 Å². The predicted octanol–water partition coefficient (Wildman–Crippen LogP) is 2.53. The first kappa shape index (κ1) is 14.7. The highest BCUT2D eigenvalue weighted by Crippen LogP contribution is 2.25. The topological polar surface area (TPSA) is 43.4 Å². The molecule has 0 fully saturated rings. The standard InChI is InChI=1S/C8H15F3O3S/c1-6(2)4-7(3)5-14-15(12,13)8(9,10)11/h6-7H,4-5H2,1-3H3. The fourth-order valence-electron chi connectivity index (χ4n) is 1.15. The monoisotopic (exact) mass is 248 g/mol. The molecule has 0 spiro atoms. The maximum absolute atomic E-state index is 11.8. The van der Waals surface area contributed by atoms with Crippen molar-refractivity contribution in [3.8, 4) is 0 Å². The van der Waals surface area contributed by atoms with Crippen LogP contribution in [0, 0.1) is 11.8 Å². The average molecular weight is 248 g/mol. The van der Waals surface area contributed by atoms with Crippen molar-refractivity contribution in [2.24, 2.45) is 11.8 Å². The van der Waals surface area contributed by atoms with E-state index in [0.717, 1.165) is 0 Å². The van der Waals surface area contributed by atoms with E-state index >= 15 is 0 Å². The molecule has 0 saturated carbocycles. The second-order valence-corrected chi connectivity index (χ2v) is 5.53. The van der Waals surface area contributed by atoms with Gasteiger partial charge in [-0.25, -0.2) is 0 Å². The van der Waals surface area contributed by atoms with E-state index in [4.69, 9.17) is 0 Å². The minimum absolute atomic E-state index is 0.220. The third-order valence-corrected chi connectivity index (χ3v) is 2.68. The van der Waals surface area contributed by atoms with E-state index < -0.39 is 22.2 Å². The van der Waals surface area contributed by atoms with Crippen LogP contribution in [0.5, 0.6) is 0 Å². The summed E-state index contributed by atoms with van der Waals surface area (Å²) in [6.45, 7) is 5.01. The normalized spacial score (nSPS) is 15.7. The lowest BCUT2D eigenvalue weighted by atomic mass is 10.0. The lowest BCUT2D eigenvalue weighted by Gasteiger charge is -2.14.